The molecule has 0 spiro atoms. The molecule has 0 aromatic heterocycles. The Kier molecular flexibility index (Phi) is 9.32. The zero-order valence-corrected chi connectivity index (χ0v) is 21.1. The minimum atomic E-state index is -3.60. The van der Waals surface area contributed by atoms with E-state index < -0.39 is 16.1 Å². The third kappa shape index (κ3) is 6.93. The Bertz CT molecular complexity index is 921. The Morgan fingerprint density at radius 3 is 2.26 bits per heavy atom. The zero-order valence-electron chi connectivity index (χ0n) is 20.3. The van der Waals surface area contributed by atoms with Crippen LogP contribution in [0.1, 0.15) is 39.5 Å². The van der Waals surface area contributed by atoms with Gasteiger partial charge < -0.3 is 19.7 Å². The molecule has 9 nitrogen and oxygen atoms in total. The molecule has 2 amide bonds. The predicted molar refractivity (Wildman–Crippen MR) is 128 cm³/mol. The second kappa shape index (κ2) is 12.0. The van der Waals surface area contributed by atoms with Crippen molar-refractivity contribution in [3.8, 4) is 5.75 Å². The molecule has 1 aliphatic heterocycles. The molecule has 1 aromatic rings. The number of sulfonamides is 1. The van der Waals surface area contributed by atoms with Crippen LogP contribution in [0.4, 0.5) is 0 Å². The summed E-state index contributed by atoms with van der Waals surface area (Å²) in [6.45, 7) is 6.37. The maximum atomic E-state index is 12.9. The molecule has 1 heterocycles. The number of hydrogen-bond acceptors (Lipinski definition) is 6. The molecule has 190 valence electrons. The van der Waals surface area contributed by atoms with Gasteiger partial charge in [0.05, 0.1) is 25.2 Å². The van der Waals surface area contributed by atoms with Gasteiger partial charge in [0.2, 0.25) is 21.8 Å². The van der Waals surface area contributed by atoms with Crippen molar-refractivity contribution in [3.05, 3.63) is 24.3 Å². The summed E-state index contributed by atoms with van der Waals surface area (Å²) in [5.41, 5.74) is 0. The molecule has 2 N–H and O–H groups in total. The van der Waals surface area contributed by atoms with Crippen LogP contribution in [-0.4, -0.2) is 71.1 Å². The third-order valence-corrected chi connectivity index (χ3v) is 8.14. The average Bonchev–Trinajstić information content (AvgIpc) is 2.86. The van der Waals surface area contributed by atoms with Crippen molar-refractivity contribution in [1.82, 2.24) is 14.9 Å². The molecule has 1 saturated heterocycles. The number of benzene rings is 1. The van der Waals surface area contributed by atoms with Gasteiger partial charge in [-0.15, -0.1) is 0 Å². The van der Waals surface area contributed by atoms with Crippen LogP contribution in [0.3, 0.4) is 0 Å². The fourth-order valence-electron chi connectivity index (χ4n) is 4.46. The van der Waals surface area contributed by atoms with Crippen LogP contribution < -0.4 is 14.8 Å². The summed E-state index contributed by atoms with van der Waals surface area (Å²) in [7, 11) is -2.07. The molecule has 34 heavy (non-hydrogen) atoms. The van der Waals surface area contributed by atoms with Crippen molar-refractivity contribution in [3.63, 3.8) is 0 Å². The Morgan fingerprint density at radius 1 is 1.09 bits per heavy atom. The first-order valence-electron chi connectivity index (χ1n) is 12.0. The Labute approximate surface area is 202 Å². The van der Waals surface area contributed by atoms with Crippen molar-refractivity contribution >= 4 is 21.8 Å². The zero-order chi connectivity index (χ0) is 24.7. The Balaban J connectivity index is 1.47. The molecule has 3 rings (SSSR count). The number of nitrogens with zero attached hydrogens (tertiary/aromatic N) is 1. The van der Waals surface area contributed by atoms with E-state index in [1.54, 1.807) is 17.0 Å². The molecule has 1 aromatic carbocycles. The standard InChI is InChI=1S/C24H37N3O6S/c1-17(2)22(24(29)27-12-14-33-15-13-27)26-23(28)19-6-4-18(5-7-19)16-25-34(30,31)21-10-8-20(32-3)9-11-21/h8-11,17-19,22,25H,4-7,12-16H2,1-3H3,(H,26,28)/t18?,19?,22-/m0/s1. The van der Waals surface area contributed by atoms with Crippen LogP contribution in [-0.2, 0) is 24.3 Å². The fourth-order valence-corrected chi connectivity index (χ4v) is 5.58. The van der Waals surface area contributed by atoms with Crippen molar-refractivity contribution in [1.29, 1.82) is 0 Å². The molecule has 2 fully saturated rings. The van der Waals surface area contributed by atoms with Gasteiger partial charge in [0.15, 0.2) is 0 Å². The van der Waals surface area contributed by atoms with Crippen LogP contribution in [0.15, 0.2) is 29.2 Å². The topological polar surface area (TPSA) is 114 Å². The molecule has 0 radical (unpaired) electrons. The molecular weight excluding hydrogens is 458 g/mol. The number of morpholine rings is 1. The molecule has 1 aliphatic carbocycles. The van der Waals surface area contributed by atoms with Crippen molar-refractivity contribution < 1.29 is 27.5 Å². The summed E-state index contributed by atoms with van der Waals surface area (Å²) in [5, 5.41) is 2.99. The average molecular weight is 496 g/mol. The smallest absolute Gasteiger partial charge is 0.245 e. The van der Waals surface area contributed by atoms with E-state index in [0.29, 0.717) is 51.4 Å². The maximum Gasteiger partial charge on any atom is 0.245 e. The number of nitrogens with one attached hydrogen (secondary N) is 2. The summed E-state index contributed by atoms with van der Waals surface area (Å²) in [4.78, 5) is 27.8. The van der Waals surface area contributed by atoms with E-state index in [-0.39, 0.29) is 34.5 Å². The van der Waals surface area contributed by atoms with E-state index in [9.17, 15) is 18.0 Å². The maximum absolute atomic E-state index is 12.9. The summed E-state index contributed by atoms with van der Waals surface area (Å²) in [6.07, 6.45) is 2.87. The largest absolute Gasteiger partial charge is 0.497 e. The highest BCUT2D eigenvalue weighted by Gasteiger charge is 2.33. The quantitative estimate of drug-likeness (QED) is 0.540. The van der Waals surface area contributed by atoms with Crippen LogP contribution in [0.5, 0.6) is 5.75 Å². The van der Waals surface area contributed by atoms with E-state index in [1.165, 1.54) is 19.2 Å². The van der Waals surface area contributed by atoms with Gasteiger partial charge in [-0.2, -0.15) is 0 Å². The van der Waals surface area contributed by atoms with Gasteiger partial charge >= 0.3 is 0 Å². The highest BCUT2D eigenvalue weighted by molar-refractivity contribution is 7.89. The van der Waals surface area contributed by atoms with Crippen molar-refractivity contribution in [2.75, 3.05) is 40.0 Å². The summed E-state index contributed by atoms with van der Waals surface area (Å²) in [6, 6.07) is 5.73. The van der Waals surface area contributed by atoms with E-state index in [2.05, 4.69) is 10.0 Å². The number of amides is 2. The van der Waals surface area contributed by atoms with Crippen LogP contribution >= 0.6 is 0 Å². The van der Waals surface area contributed by atoms with Crippen LogP contribution in [0.2, 0.25) is 0 Å². The fraction of sp³-hybridized carbons (Fsp3) is 0.667. The molecule has 0 unspecified atom stereocenters. The number of rotatable bonds is 9. The van der Waals surface area contributed by atoms with E-state index in [0.717, 1.165) is 12.8 Å². The van der Waals surface area contributed by atoms with Crippen LogP contribution in [0.25, 0.3) is 0 Å². The third-order valence-electron chi connectivity index (χ3n) is 6.70. The lowest BCUT2D eigenvalue weighted by atomic mass is 9.81. The van der Waals surface area contributed by atoms with Gasteiger partial charge in [-0.1, -0.05) is 13.8 Å². The normalized spacial score (nSPS) is 22.3. The van der Waals surface area contributed by atoms with Gasteiger partial charge in [-0.25, -0.2) is 13.1 Å². The Morgan fingerprint density at radius 2 is 1.71 bits per heavy atom. The second-order valence-corrected chi connectivity index (χ2v) is 11.2. The number of carbonyl (C=O) groups excluding carboxylic acids is 2. The SMILES string of the molecule is COc1ccc(S(=O)(=O)NCC2CCC(C(=O)N[C@H](C(=O)N3CCOCC3)C(C)C)CC2)cc1. The molecule has 2 aliphatic rings. The number of carbonyl (C=O) groups is 2. The summed E-state index contributed by atoms with van der Waals surface area (Å²) in [5.74, 6) is 0.469. The van der Waals surface area contributed by atoms with Crippen molar-refractivity contribution in [2.45, 2.75) is 50.5 Å². The van der Waals surface area contributed by atoms with Gasteiger partial charge in [-0.3, -0.25) is 9.59 Å². The lowest BCUT2D eigenvalue weighted by Gasteiger charge is -2.34. The monoisotopic (exact) mass is 495 g/mol. The minimum absolute atomic E-state index is 0.0111. The lowest BCUT2D eigenvalue weighted by molar-refractivity contribution is -0.142. The molecule has 10 heteroatoms. The van der Waals surface area contributed by atoms with Gasteiger partial charge in [-0.05, 0) is 61.8 Å². The first-order chi connectivity index (χ1) is 16.2. The highest BCUT2D eigenvalue weighted by atomic mass is 32.2. The molecular formula is C24H37N3O6S. The molecule has 1 saturated carbocycles. The first-order valence-corrected chi connectivity index (χ1v) is 13.5. The summed E-state index contributed by atoms with van der Waals surface area (Å²) >= 11 is 0. The molecule has 0 bridgehead atoms. The van der Waals surface area contributed by atoms with E-state index in [1.807, 2.05) is 13.8 Å². The van der Waals surface area contributed by atoms with Crippen LogP contribution in [0, 0.1) is 17.8 Å². The Hall–Kier alpha value is -2.17. The van der Waals surface area contributed by atoms with E-state index in [4.69, 9.17) is 9.47 Å². The number of hydrogen-bond donors (Lipinski definition) is 2. The van der Waals surface area contributed by atoms with Gasteiger partial charge in [0.25, 0.3) is 0 Å². The van der Waals surface area contributed by atoms with Gasteiger partial charge in [0, 0.05) is 25.6 Å². The van der Waals surface area contributed by atoms with E-state index >= 15 is 0 Å². The highest BCUT2D eigenvalue weighted by Crippen LogP contribution is 2.29. The van der Waals surface area contributed by atoms with Gasteiger partial charge in [0.1, 0.15) is 11.8 Å². The summed E-state index contributed by atoms with van der Waals surface area (Å²) < 4.78 is 38.2. The second-order valence-electron chi connectivity index (χ2n) is 9.41. The first kappa shape index (κ1) is 26.4. The lowest BCUT2D eigenvalue weighted by Crippen LogP contribution is -2.55. The minimum Gasteiger partial charge on any atom is -0.497 e. The van der Waals surface area contributed by atoms with Crippen molar-refractivity contribution in [2.24, 2.45) is 17.8 Å². The predicted octanol–water partition coefficient (Wildman–Crippen LogP) is 1.78. The number of methoxy groups -OCH3 is 1. The molecule has 1 atom stereocenters. The number of ether oxygens (including phenoxy) is 2.